The Morgan fingerprint density at radius 1 is 0.870 bits per heavy atom. The van der Waals surface area contributed by atoms with E-state index in [9.17, 15) is 8.42 Å². The third-order valence-electron chi connectivity index (χ3n) is 2.31. The lowest BCUT2D eigenvalue weighted by atomic mass is 10.3. The smallest absolute Gasteiger partial charge is 0.296 e. The first-order valence-electron chi connectivity index (χ1n) is 7.30. The van der Waals surface area contributed by atoms with Crippen molar-refractivity contribution in [1.82, 2.24) is 0 Å². The van der Waals surface area contributed by atoms with Gasteiger partial charge in [-0.05, 0) is 30.3 Å². The minimum atomic E-state index is -4.37. The van der Waals surface area contributed by atoms with Crippen LogP contribution in [0.4, 0.5) is 17.1 Å². The Morgan fingerprint density at radius 3 is 1.91 bits per heavy atom. The van der Waals surface area contributed by atoms with Crippen molar-refractivity contribution in [3.8, 4) is 0 Å². The van der Waals surface area contributed by atoms with E-state index in [1.54, 1.807) is 24.3 Å². The number of azo groups is 1. The molecule has 0 bridgehead atoms. The van der Waals surface area contributed by atoms with Crippen molar-refractivity contribution in [1.29, 1.82) is 0 Å². The van der Waals surface area contributed by atoms with Gasteiger partial charge in [0.1, 0.15) is 4.90 Å². The molecule has 7 heteroatoms. The average Bonchev–Trinajstić information content (AvgIpc) is 2.58. The Kier molecular flexibility index (Phi) is 9.45. The molecule has 0 saturated carbocycles. The summed E-state index contributed by atoms with van der Waals surface area (Å²) in [7, 11) is -4.37. The highest BCUT2D eigenvalue weighted by Crippen LogP contribution is 2.25. The molecule has 0 radical (unpaired) electrons. The fraction of sp³-hybridized carbons (Fsp3) is 0.250. The standard InChI is InChI=1S/C12H11N3O3S.2C2H6/c13-11-7-6-10(8-12(11)19(16,17)18)15-14-9-4-2-1-3-5-9;2*1-2/h1-8H,13H2,(H,16,17,18);2*1-2H3. The molecule has 0 aromatic heterocycles. The molecule has 0 heterocycles. The van der Waals surface area contributed by atoms with E-state index in [0.29, 0.717) is 5.69 Å². The number of anilines is 1. The maximum atomic E-state index is 11.1. The maximum absolute atomic E-state index is 11.1. The summed E-state index contributed by atoms with van der Waals surface area (Å²) in [5.74, 6) is 0. The lowest BCUT2D eigenvalue weighted by Gasteiger charge is -2.02. The number of hydrogen-bond acceptors (Lipinski definition) is 5. The Morgan fingerprint density at radius 2 is 1.39 bits per heavy atom. The van der Waals surface area contributed by atoms with Crippen molar-refractivity contribution >= 4 is 27.2 Å². The third-order valence-corrected chi connectivity index (χ3v) is 3.22. The quantitative estimate of drug-likeness (QED) is 0.468. The SMILES string of the molecule is CC.CC.Nc1ccc(N=Nc2ccccc2)cc1S(=O)(=O)O. The summed E-state index contributed by atoms with van der Waals surface area (Å²) in [5.41, 5.74) is 6.35. The zero-order chi connectivity index (χ0) is 17.9. The molecule has 0 amide bonds. The molecular formula is C16H23N3O3S. The van der Waals surface area contributed by atoms with Crippen LogP contribution in [-0.4, -0.2) is 13.0 Å². The molecule has 0 spiro atoms. The number of rotatable bonds is 3. The number of hydrogen-bond donors (Lipinski definition) is 2. The van der Waals surface area contributed by atoms with Gasteiger partial charge in [-0.2, -0.15) is 18.6 Å². The van der Waals surface area contributed by atoms with Crippen molar-refractivity contribution in [3.05, 3.63) is 48.5 Å². The van der Waals surface area contributed by atoms with Crippen LogP contribution in [0.1, 0.15) is 27.7 Å². The van der Waals surface area contributed by atoms with Crippen LogP contribution < -0.4 is 5.73 Å². The number of nitrogen functional groups attached to an aromatic ring is 1. The second-order valence-corrected chi connectivity index (χ2v) is 5.12. The minimum absolute atomic E-state index is 0.0406. The van der Waals surface area contributed by atoms with E-state index in [-0.39, 0.29) is 16.3 Å². The van der Waals surface area contributed by atoms with Gasteiger partial charge in [-0.3, -0.25) is 4.55 Å². The Balaban J connectivity index is 0.00000112. The second-order valence-electron chi connectivity index (χ2n) is 3.73. The molecule has 0 aliphatic heterocycles. The van der Waals surface area contributed by atoms with Crippen LogP contribution >= 0.6 is 0 Å². The summed E-state index contributed by atoms with van der Waals surface area (Å²) < 4.78 is 31.2. The zero-order valence-corrected chi connectivity index (χ0v) is 14.6. The highest BCUT2D eigenvalue weighted by atomic mass is 32.2. The molecular weight excluding hydrogens is 314 g/mol. The summed E-state index contributed by atoms with van der Waals surface area (Å²) >= 11 is 0. The van der Waals surface area contributed by atoms with Crippen LogP contribution in [0.3, 0.4) is 0 Å². The number of benzene rings is 2. The molecule has 126 valence electrons. The van der Waals surface area contributed by atoms with E-state index in [1.165, 1.54) is 12.1 Å². The molecule has 0 unspecified atom stereocenters. The zero-order valence-electron chi connectivity index (χ0n) is 13.8. The topological polar surface area (TPSA) is 105 Å². The summed E-state index contributed by atoms with van der Waals surface area (Å²) in [6.07, 6.45) is 0. The van der Waals surface area contributed by atoms with Gasteiger partial charge in [0.15, 0.2) is 0 Å². The first-order chi connectivity index (χ1) is 11.0. The molecule has 23 heavy (non-hydrogen) atoms. The Hall–Kier alpha value is -2.25. The van der Waals surface area contributed by atoms with E-state index >= 15 is 0 Å². The average molecular weight is 337 g/mol. The molecule has 2 aromatic carbocycles. The van der Waals surface area contributed by atoms with Crippen LogP contribution in [0.25, 0.3) is 0 Å². The number of nitrogens with two attached hydrogens (primary N) is 1. The summed E-state index contributed by atoms with van der Waals surface area (Å²) in [6.45, 7) is 8.00. The van der Waals surface area contributed by atoms with Crippen molar-refractivity contribution in [2.24, 2.45) is 10.2 Å². The molecule has 3 N–H and O–H groups in total. The van der Waals surface area contributed by atoms with Gasteiger partial charge in [0, 0.05) is 0 Å². The predicted molar refractivity (Wildman–Crippen MR) is 94.0 cm³/mol. The molecule has 0 fully saturated rings. The summed E-state index contributed by atoms with van der Waals surface area (Å²) in [5, 5.41) is 7.82. The van der Waals surface area contributed by atoms with Gasteiger partial charge >= 0.3 is 0 Å². The highest BCUT2D eigenvalue weighted by Gasteiger charge is 2.14. The van der Waals surface area contributed by atoms with Crippen LogP contribution in [0, 0.1) is 0 Å². The monoisotopic (exact) mass is 337 g/mol. The van der Waals surface area contributed by atoms with E-state index in [2.05, 4.69) is 10.2 Å². The maximum Gasteiger partial charge on any atom is 0.296 e. The summed E-state index contributed by atoms with van der Waals surface area (Å²) in [6, 6.07) is 13.0. The molecule has 0 aliphatic rings. The van der Waals surface area contributed by atoms with Crippen molar-refractivity contribution in [3.63, 3.8) is 0 Å². The van der Waals surface area contributed by atoms with Crippen LogP contribution in [-0.2, 0) is 10.1 Å². The number of nitrogens with zero attached hydrogens (tertiary/aromatic N) is 2. The normalized spacial score (nSPS) is 10.3. The van der Waals surface area contributed by atoms with Gasteiger partial charge in [0.2, 0.25) is 0 Å². The third kappa shape index (κ3) is 7.03. The fourth-order valence-electron chi connectivity index (χ4n) is 1.42. The first kappa shape index (κ1) is 20.8. The molecule has 0 aliphatic carbocycles. The van der Waals surface area contributed by atoms with Crippen molar-refractivity contribution < 1.29 is 13.0 Å². The first-order valence-corrected chi connectivity index (χ1v) is 8.74. The highest BCUT2D eigenvalue weighted by molar-refractivity contribution is 7.86. The van der Waals surface area contributed by atoms with Crippen LogP contribution in [0.5, 0.6) is 0 Å². The van der Waals surface area contributed by atoms with E-state index in [0.717, 1.165) is 6.07 Å². The molecule has 6 nitrogen and oxygen atoms in total. The van der Waals surface area contributed by atoms with Gasteiger partial charge in [-0.25, -0.2) is 0 Å². The molecule has 0 atom stereocenters. The summed E-state index contributed by atoms with van der Waals surface area (Å²) in [4.78, 5) is -0.378. The molecule has 2 aromatic rings. The molecule has 0 saturated heterocycles. The van der Waals surface area contributed by atoms with Gasteiger partial charge in [-0.15, -0.1) is 0 Å². The largest absolute Gasteiger partial charge is 0.398 e. The van der Waals surface area contributed by atoms with E-state index in [4.69, 9.17) is 10.3 Å². The lowest BCUT2D eigenvalue weighted by molar-refractivity contribution is 0.483. The Labute approximate surface area is 137 Å². The van der Waals surface area contributed by atoms with Gasteiger partial charge in [0.25, 0.3) is 10.1 Å². The van der Waals surface area contributed by atoms with Crippen LogP contribution in [0.15, 0.2) is 63.7 Å². The predicted octanol–water partition coefficient (Wildman–Crippen LogP) is 4.98. The van der Waals surface area contributed by atoms with E-state index < -0.39 is 10.1 Å². The Bertz CT molecular complexity index is 715. The van der Waals surface area contributed by atoms with Gasteiger partial charge in [0.05, 0.1) is 17.1 Å². The van der Waals surface area contributed by atoms with Crippen LogP contribution in [0.2, 0.25) is 0 Å². The fourth-order valence-corrected chi connectivity index (χ4v) is 2.05. The molecule has 2 rings (SSSR count). The van der Waals surface area contributed by atoms with E-state index in [1.807, 2.05) is 33.8 Å². The minimum Gasteiger partial charge on any atom is -0.398 e. The lowest BCUT2D eigenvalue weighted by Crippen LogP contribution is -2.02. The van der Waals surface area contributed by atoms with Gasteiger partial charge < -0.3 is 5.73 Å². The van der Waals surface area contributed by atoms with Crippen molar-refractivity contribution in [2.75, 3.05) is 5.73 Å². The van der Waals surface area contributed by atoms with Gasteiger partial charge in [-0.1, -0.05) is 45.9 Å². The second kappa shape index (κ2) is 10.5. The van der Waals surface area contributed by atoms with Crippen molar-refractivity contribution in [2.45, 2.75) is 32.6 Å².